The minimum atomic E-state index is -4.75. The molecule has 6 aromatic rings. The number of alkyl halides is 6. The average Bonchev–Trinajstić information content (AvgIpc) is 0.805. The van der Waals surface area contributed by atoms with E-state index < -0.39 is 95.4 Å². The molecule has 2 aliphatic rings. The van der Waals surface area contributed by atoms with Crippen LogP contribution in [0.5, 0.6) is 11.5 Å². The second kappa shape index (κ2) is 32.0. The first kappa shape index (κ1) is 77.1. The summed E-state index contributed by atoms with van der Waals surface area (Å²) < 4.78 is 155. The van der Waals surface area contributed by atoms with E-state index in [2.05, 4.69) is 15.0 Å². The number of aryl methyl sites for hydroxylation is 4. The lowest BCUT2D eigenvalue weighted by Crippen LogP contribution is -2.54. The fourth-order valence-electron chi connectivity index (χ4n) is 9.99. The average molecular weight is 1390 g/mol. The number of nitrogens with one attached hydrogen (secondary N) is 1. The van der Waals surface area contributed by atoms with Gasteiger partial charge in [-0.05, 0) is 162 Å². The van der Waals surface area contributed by atoms with Gasteiger partial charge in [-0.15, -0.1) is 0 Å². The number of amides is 1. The van der Waals surface area contributed by atoms with Crippen molar-refractivity contribution in [1.82, 2.24) is 13.9 Å². The smallest absolute Gasteiger partial charge is 0.416 e. The van der Waals surface area contributed by atoms with Gasteiger partial charge >= 0.3 is 35.9 Å². The Morgan fingerprint density at radius 1 is 0.546 bits per heavy atom. The molecular weight excluding hydrogens is 1310 g/mol. The third-order valence-corrected chi connectivity index (χ3v) is 19.1. The van der Waals surface area contributed by atoms with E-state index in [-0.39, 0.29) is 87.2 Å². The minimum absolute atomic E-state index is 0.0174. The second-order valence-electron chi connectivity index (χ2n) is 25.4. The van der Waals surface area contributed by atoms with Crippen LogP contribution in [0.15, 0.2) is 133 Å². The monoisotopic (exact) mass is 1390 g/mol. The van der Waals surface area contributed by atoms with Crippen molar-refractivity contribution in [2.45, 2.75) is 142 Å². The number of rotatable bonds is 19. The summed E-state index contributed by atoms with van der Waals surface area (Å²) >= 11 is 0. The number of nitrogens with two attached hydrogens (primary N) is 1. The molecule has 0 unspecified atom stereocenters. The summed E-state index contributed by atoms with van der Waals surface area (Å²) in [5, 5.41) is 11.4. The van der Waals surface area contributed by atoms with Gasteiger partial charge in [0.25, 0.3) is 11.6 Å². The number of hydrogen-bond donors (Lipinski definition) is 3. The number of benzene rings is 6. The van der Waals surface area contributed by atoms with Crippen molar-refractivity contribution in [3.63, 3.8) is 0 Å². The van der Waals surface area contributed by atoms with Crippen molar-refractivity contribution >= 4 is 43.9 Å². The number of nitrogens with zero attached hydrogens (tertiary/aromatic N) is 4. The van der Waals surface area contributed by atoms with Crippen LogP contribution in [0, 0.1) is 27.0 Å². The molecule has 0 aromatic heterocycles. The molecule has 0 aliphatic carbocycles. The van der Waals surface area contributed by atoms with Gasteiger partial charge in [-0.25, -0.2) is 53.0 Å². The molecule has 8 rings (SSSR count). The highest BCUT2D eigenvalue weighted by molar-refractivity contribution is 7.89. The number of carbonyl (C=O) groups excluding carboxylic acids is 3. The number of sulfonamides is 2. The molecule has 0 spiro atoms. The maximum Gasteiger partial charge on any atom is 0.416 e. The van der Waals surface area contributed by atoms with Crippen LogP contribution in [-0.2, 0) is 67.9 Å². The van der Waals surface area contributed by atoms with Crippen molar-refractivity contribution in [2.75, 3.05) is 37.7 Å². The van der Waals surface area contributed by atoms with E-state index in [9.17, 15) is 62.4 Å². The molecule has 0 saturated carbocycles. The number of carboxylic acid groups (broad SMARTS) is 1. The first-order chi connectivity index (χ1) is 45.1. The van der Waals surface area contributed by atoms with Gasteiger partial charge in [0.15, 0.2) is 0 Å². The van der Waals surface area contributed by atoms with E-state index in [1.165, 1.54) is 14.7 Å². The largest absolute Gasteiger partial charge is 0.489 e. The van der Waals surface area contributed by atoms with Crippen molar-refractivity contribution in [2.24, 2.45) is 5.73 Å². The highest BCUT2D eigenvalue weighted by Crippen LogP contribution is 2.36. The Kier molecular flexibility index (Phi) is 25.5. The van der Waals surface area contributed by atoms with Crippen LogP contribution >= 0.6 is 0 Å². The Bertz CT molecular complexity index is 4090. The van der Waals surface area contributed by atoms with Gasteiger partial charge in [0.2, 0.25) is 20.0 Å². The molecular formula is C70H78F6N6O13S2. The molecule has 1 amide bonds. The van der Waals surface area contributed by atoms with Crippen LogP contribution in [0.1, 0.15) is 153 Å². The number of ether oxygens (including phenoxy) is 4. The van der Waals surface area contributed by atoms with Crippen LogP contribution in [0.4, 0.5) is 26.3 Å². The normalized spacial score (nSPS) is 15.1. The van der Waals surface area contributed by atoms with Gasteiger partial charge in [-0.3, -0.25) is 25.5 Å². The lowest BCUT2D eigenvalue weighted by molar-refractivity contribution is -0.138. The minimum Gasteiger partial charge on any atom is -0.489 e. The van der Waals surface area contributed by atoms with Gasteiger partial charge in [0.05, 0.1) is 65.0 Å². The number of carbonyl (C=O) groups is 4. The van der Waals surface area contributed by atoms with Crippen molar-refractivity contribution in [3.05, 3.63) is 223 Å². The van der Waals surface area contributed by atoms with E-state index >= 15 is 0 Å². The lowest BCUT2D eigenvalue weighted by Gasteiger charge is -2.33. The van der Waals surface area contributed by atoms with Gasteiger partial charge < -0.3 is 24.1 Å². The molecule has 520 valence electrons. The number of carboxylic acids is 1. The van der Waals surface area contributed by atoms with E-state index in [0.29, 0.717) is 42.5 Å². The molecule has 0 radical (unpaired) electrons. The summed E-state index contributed by atoms with van der Waals surface area (Å²) in [6, 6.07) is 32.9. The van der Waals surface area contributed by atoms with Crippen LogP contribution in [-0.4, -0.2) is 115 Å². The molecule has 2 saturated heterocycles. The highest BCUT2D eigenvalue weighted by atomic mass is 32.2. The number of esters is 2. The van der Waals surface area contributed by atoms with Gasteiger partial charge in [-0.2, -0.15) is 26.3 Å². The maximum atomic E-state index is 13.7. The molecule has 2 aliphatic heterocycles. The predicted molar refractivity (Wildman–Crippen MR) is 351 cm³/mol. The summed E-state index contributed by atoms with van der Waals surface area (Å²) in [5.74, 6) is -3.74. The van der Waals surface area contributed by atoms with E-state index in [1.54, 1.807) is 125 Å². The first-order valence-electron chi connectivity index (χ1n) is 30.6. The summed E-state index contributed by atoms with van der Waals surface area (Å²) in [7, 11) is -7.18. The Labute approximate surface area is 561 Å². The second-order valence-corrected chi connectivity index (χ2v) is 29.5. The molecule has 97 heavy (non-hydrogen) atoms. The molecule has 19 nitrogen and oxygen atoms in total. The molecule has 2 heterocycles. The lowest BCUT2D eigenvalue weighted by atomic mass is 9.98. The standard InChI is InChI=1S/C35H38F3N3O6S.C20H29N3O4S.C15H11F3O3/c1-24-19-27(32(43)47-33(2,3)4)12-11-26(24)13-18-48(44,45)41-16-14-34(39-5,15-17-41)40-31(42)28-20-29(35(36,37)38)22-30(21-28)46-23-25-9-7-6-8-10-25;1-15-14-17(18(24)27-19(2,3)4)7-6-16(15)8-13-28(25,26)23-11-9-20(21,22-5)10-12-23;16-15(17,18)12-6-11(14(19)20)7-13(8-12)21-9-10-4-2-1-3-5-10/h6-12,19-22H,13-18,23H2,1-4H3,(H,40,42);6-7,14H,8-13,21H2,1-4H3;1-8H,9H2,(H,19,20). The van der Waals surface area contributed by atoms with E-state index in [1.807, 2.05) is 27.7 Å². The quantitative estimate of drug-likeness (QED) is 0.0388. The molecule has 27 heteroatoms. The van der Waals surface area contributed by atoms with Crippen LogP contribution in [0.2, 0.25) is 0 Å². The van der Waals surface area contributed by atoms with Gasteiger partial charge in [0, 0.05) is 31.7 Å². The third kappa shape index (κ3) is 23.4. The number of halogens is 6. The maximum absolute atomic E-state index is 13.7. The van der Waals surface area contributed by atoms with Crippen molar-refractivity contribution in [3.8, 4) is 11.5 Å². The molecule has 0 bridgehead atoms. The van der Waals surface area contributed by atoms with Gasteiger partial charge in [-0.1, -0.05) is 72.8 Å². The first-order valence-corrected chi connectivity index (χ1v) is 33.8. The SMILES string of the molecule is O=C(O)c1cc(OCc2ccccc2)cc(C(F)(F)F)c1.[C-]#[N+]C1(N)CCN(S(=O)(=O)CCc2ccc(C(=O)OC(C)(C)C)cc2C)CC1.[C-]#[N+]C1(NC(=O)c2cc(OCc3ccccc3)cc(C(F)(F)F)c2)CCN(S(=O)(=O)CCc2ccc(C(=O)OC(C)(C)C)cc2C)CC1. The Morgan fingerprint density at radius 3 is 1.28 bits per heavy atom. The summed E-state index contributed by atoms with van der Waals surface area (Å²) in [4.78, 5) is 55.7. The zero-order chi connectivity index (χ0) is 72.0. The number of hydrogen-bond acceptors (Lipinski definition) is 13. The summed E-state index contributed by atoms with van der Waals surface area (Å²) in [6.45, 7) is 29.8. The Morgan fingerprint density at radius 2 is 0.928 bits per heavy atom. The fourth-order valence-corrected chi connectivity index (χ4v) is 12.9. The van der Waals surface area contributed by atoms with Crippen molar-refractivity contribution in [1.29, 1.82) is 0 Å². The van der Waals surface area contributed by atoms with E-state index in [0.717, 1.165) is 51.6 Å². The Balaban J connectivity index is 0.000000255. The molecule has 2 fully saturated rings. The third-order valence-electron chi connectivity index (χ3n) is 15.4. The summed E-state index contributed by atoms with van der Waals surface area (Å²) in [5.41, 5.74) is 4.84. The zero-order valence-corrected chi connectivity index (χ0v) is 56.5. The molecule has 0 atom stereocenters. The Hall–Kier alpha value is -8.86. The molecule has 4 N–H and O–H groups in total. The summed E-state index contributed by atoms with van der Waals surface area (Å²) in [6.07, 6.45) is -8.25. The topological polar surface area (TPSA) is 247 Å². The highest BCUT2D eigenvalue weighted by Gasteiger charge is 2.45. The number of aromatic carboxylic acids is 1. The molecule has 6 aromatic carbocycles. The van der Waals surface area contributed by atoms with Crippen LogP contribution < -0.4 is 20.5 Å². The van der Waals surface area contributed by atoms with E-state index in [4.69, 9.17) is 42.9 Å². The van der Waals surface area contributed by atoms with Crippen molar-refractivity contribution < 1.29 is 86.4 Å². The van der Waals surface area contributed by atoms with Crippen LogP contribution in [0.3, 0.4) is 0 Å². The van der Waals surface area contributed by atoms with Gasteiger partial charge in [0.1, 0.15) is 35.9 Å². The van der Waals surface area contributed by atoms with Crippen LogP contribution in [0.25, 0.3) is 9.69 Å². The predicted octanol–water partition coefficient (Wildman–Crippen LogP) is 13.0. The zero-order valence-electron chi connectivity index (χ0n) is 54.9. The number of piperidine rings is 2. The fraction of sp³-hybridized carbons (Fsp3) is 0.400.